The summed E-state index contributed by atoms with van der Waals surface area (Å²) in [5.74, 6) is -7.87. The first-order valence-electron chi connectivity index (χ1n) is 6.38. The van der Waals surface area contributed by atoms with E-state index in [1.807, 2.05) is 6.07 Å². The molecule has 122 valence electrons. The number of amides is 1. The maximum absolute atomic E-state index is 12.8. The van der Waals surface area contributed by atoms with Gasteiger partial charge in [0.1, 0.15) is 0 Å². The molecule has 2 aromatic rings. The van der Waals surface area contributed by atoms with Crippen LogP contribution in [-0.2, 0) is 4.79 Å². The van der Waals surface area contributed by atoms with E-state index in [0.717, 1.165) is 5.69 Å². The molecule has 0 atom stereocenters. The third-order valence-electron chi connectivity index (χ3n) is 2.85. The molecule has 0 spiro atoms. The quantitative estimate of drug-likeness (QED) is 0.807. The van der Waals surface area contributed by atoms with Crippen LogP contribution in [-0.4, -0.2) is 18.0 Å². The van der Waals surface area contributed by atoms with Crippen LogP contribution in [0.4, 0.5) is 39.0 Å². The summed E-state index contributed by atoms with van der Waals surface area (Å²) in [5.41, 5.74) is 1.18. The minimum atomic E-state index is -5.94. The van der Waals surface area contributed by atoms with Gasteiger partial charge in [0.25, 0.3) is 0 Å². The van der Waals surface area contributed by atoms with Crippen molar-refractivity contribution in [3.63, 3.8) is 0 Å². The number of alkyl halides is 5. The van der Waals surface area contributed by atoms with E-state index in [9.17, 15) is 26.7 Å². The molecule has 0 radical (unpaired) electrons. The topological polar surface area (TPSA) is 41.1 Å². The molecule has 8 heteroatoms. The first kappa shape index (κ1) is 16.7. The molecule has 0 unspecified atom stereocenters. The van der Waals surface area contributed by atoms with Crippen molar-refractivity contribution in [3.05, 3.63) is 54.6 Å². The molecule has 0 aliphatic heterocycles. The van der Waals surface area contributed by atoms with Gasteiger partial charge in [-0.1, -0.05) is 18.2 Å². The van der Waals surface area contributed by atoms with Gasteiger partial charge in [0, 0.05) is 17.1 Å². The number of halogens is 5. The van der Waals surface area contributed by atoms with Gasteiger partial charge in [0.2, 0.25) is 0 Å². The van der Waals surface area contributed by atoms with E-state index >= 15 is 0 Å². The molecule has 0 aromatic heterocycles. The molecule has 23 heavy (non-hydrogen) atoms. The SMILES string of the molecule is O=C(Nc1ccc(Nc2ccccc2)cc1)C(F)(F)C(F)(F)F. The van der Waals surface area contributed by atoms with Gasteiger partial charge < -0.3 is 10.6 Å². The summed E-state index contributed by atoms with van der Waals surface area (Å²) in [4.78, 5) is 11.1. The van der Waals surface area contributed by atoms with Crippen LogP contribution in [0.15, 0.2) is 54.6 Å². The first-order valence-corrected chi connectivity index (χ1v) is 6.38. The highest BCUT2D eigenvalue weighted by Crippen LogP contribution is 2.36. The van der Waals surface area contributed by atoms with E-state index in [-0.39, 0.29) is 5.69 Å². The lowest BCUT2D eigenvalue weighted by molar-refractivity contribution is -0.267. The third-order valence-corrected chi connectivity index (χ3v) is 2.85. The molecule has 2 aromatic carbocycles. The number of carbonyl (C=O) groups is 1. The summed E-state index contributed by atoms with van der Waals surface area (Å²) >= 11 is 0. The van der Waals surface area contributed by atoms with Crippen molar-refractivity contribution in [1.29, 1.82) is 0 Å². The van der Waals surface area contributed by atoms with Crippen molar-refractivity contribution >= 4 is 23.0 Å². The molecular formula is C15H11F5N2O. The van der Waals surface area contributed by atoms with Crippen LogP contribution in [0.1, 0.15) is 0 Å². The van der Waals surface area contributed by atoms with E-state index in [2.05, 4.69) is 5.32 Å². The second-order valence-electron chi connectivity index (χ2n) is 4.59. The minimum Gasteiger partial charge on any atom is -0.356 e. The van der Waals surface area contributed by atoms with E-state index in [1.165, 1.54) is 24.3 Å². The molecule has 0 fully saturated rings. The maximum Gasteiger partial charge on any atom is 0.463 e. The van der Waals surface area contributed by atoms with E-state index in [1.54, 1.807) is 29.6 Å². The van der Waals surface area contributed by atoms with Crippen molar-refractivity contribution in [2.24, 2.45) is 0 Å². The zero-order valence-electron chi connectivity index (χ0n) is 11.5. The second-order valence-corrected chi connectivity index (χ2v) is 4.59. The van der Waals surface area contributed by atoms with Gasteiger partial charge in [-0.25, -0.2) is 0 Å². The van der Waals surface area contributed by atoms with Crippen LogP contribution < -0.4 is 10.6 Å². The highest BCUT2D eigenvalue weighted by atomic mass is 19.4. The third kappa shape index (κ3) is 3.97. The molecule has 0 aliphatic rings. The highest BCUT2D eigenvalue weighted by Gasteiger charge is 2.63. The molecular weight excluding hydrogens is 319 g/mol. The zero-order valence-corrected chi connectivity index (χ0v) is 11.5. The molecule has 3 nitrogen and oxygen atoms in total. The molecule has 0 saturated heterocycles. The fourth-order valence-corrected chi connectivity index (χ4v) is 1.66. The molecule has 2 rings (SSSR count). The van der Waals surface area contributed by atoms with Gasteiger partial charge in [-0.3, -0.25) is 4.79 Å². The average Bonchev–Trinajstić information content (AvgIpc) is 2.49. The average molecular weight is 330 g/mol. The molecule has 0 bridgehead atoms. The molecule has 2 N–H and O–H groups in total. The van der Waals surface area contributed by atoms with Crippen molar-refractivity contribution in [1.82, 2.24) is 0 Å². The molecule has 1 amide bonds. The van der Waals surface area contributed by atoms with E-state index in [0.29, 0.717) is 5.69 Å². The lowest BCUT2D eigenvalue weighted by Gasteiger charge is -2.18. The lowest BCUT2D eigenvalue weighted by atomic mass is 10.2. The second kappa shape index (κ2) is 6.23. The fourth-order valence-electron chi connectivity index (χ4n) is 1.66. The first-order chi connectivity index (χ1) is 10.7. The Morgan fingerprint density at radius 1 is 0.739 bits per heavy atom. The highest BCUT2D eigenvalue weighted by molar-refractivity contribution is 5.96. The van der Waals surface area contributed by atoms with Gasteiger partial charge in [0.05, 0.1) is 0 Å². The number of rotatable bonds is 4. The van der Waals surface area contributed by atoms with Crippen LogP contribution in [0.2, 0.25) is 0 Å². The van der Waals surface area contributed by atoms with Crippen LogP contribution in [0.3, 0.4) is 0 Å². The predicted octanol–water partition coefficient (Wildman–Crippen LogP) is 4.57. The summed E-state index contributed by atoms with van der Waals surface area (Å²) in [6, 6.07) is 14.3. The Hall–Kier alpha value is -2.64. The van der Waals surface area contributed by atoms with Crippen LogP contribution >= 0.6 is 0 Å². The van der Waals surface area contributed by atoms with E-state index in [4.69, 9.17) is 0 Å². The zero-order chi connectivity index (χ0) is 17.1. The van der Waals surface area contributed by atoms with Gasteiger partial charge in [-0.15, -0.1) is 0 Å². The standard InChI is InChI=1S/C15H11F5N2O/c16-14(17,15(18,19)20)13(23)22-12-8-6-11(7-9-12)21-10-4-2-1-3-5-10/h1-9,21H,(H,22,23). The fraction of sp³-hybridized carbons (Fsp3) is 0.133. The number of para-hydroxylation sites is 1. The molecule has 0 heterocycles. The van der Waals surface area contributed by atoms with Crippen molar-refractivity contribution < 1.29 is 26.7 Å². The minimum absolute atomic E-state index is 0.169. The van der Waals surface area contributed by atoms with Crippen LogP contribution in [0.25, 0.3) is 0 Å². The van der Waals surface area contributed by atoms with Gasteiger partial charge in [0.15, 0.2) is 0 Å². The number of nitrogens with one attached hydrogen (secondary N) is 2. The van der Waals surface area contributed by atoms with Gasteiger partial charge in [-0.05, 0) is 36.4 Å². The summed E-state index contributed by atoms with van der Waals surface area (Å²) < 4.78 is 61.9. The van der Waals surface area contributed by atoms with Crippen molar-refractivity contribution in [2.45, 2.75) is 12.1 Å². The Labute approximate surface area is 128 Å². The number of benzene rings is 2. The smallest absolute Gasteiger partial charge is 0.356 e. The van der Waals surface area contributed by atoms with Gasteiger partial charge in [-0.2, -0.15) is 22.0 Å². The van der Waals surface area contributed by atoms with Crippen LogP contribution in [0, 0.1) is 0 Å². The normalized spacial score (nSPS) is 11.9. The van der Waals surface area contributed by atoms with Crippen molar-refractivity contribution in [2.75, 3.05) is 10.6 Å². The number of hydrogen-bond donors (Lipinski definition) is 2. The van der Waals surface area contributed by atoms with Crippen molar-refractivity contribution in [3.8, 4) is 0 Å². The predicted molar refractivity (Wildman–Crippen MR) is 75.8 cm³/mol. The summed E-state index contributed by atoms with van der Waals surface area (Å²) in [7, 11) is 0. The monoisotopic (exact) mass is 330 g/mol. The summed E-state index contributed by atoms with van der Waals surface area (Å²) in [6.07, 6.45) is -5.94. The number of hydrogen-bond acceptors (Lipinski definition) is 2. The summed E-state index contributed by atoms with van der Waals surface area (Å²) in [6.45, 7) is 0. The van der Waals surface area contributed by atoms with E-state index < -0.39 is 18.0 Å². The summed E-state index contributed by atoms with van der Waals surface area (Å²) in [5, 5.41) is 4.54. The van der Waals surface area contributed by atoms with Crippen LogP contribution in [0.5, 0.6) is 0 Å². The lowest BCUT2D eigenvalue weighted by Crippen LogP contribution is -2.47. The molecule has 0 aliphatic carbocycles. The number of carbonyl (C=O) groups excluding carboxylic acids is 1. The maximum atomic E-state index is 12.8. The Bertz CT molecular complexity index is 669. The Balaban J connectivity index is 2.04. The Morgan fingerprint density at radius 3 is 1.74 bits per heavy atom. The Morgan fingerprint density at radius 2 is 1.22 bits per heavy atom. The number of anilines is 3. The van der Waals surface area contributed by atoms with Gasteiger partial charge >= 0.3 is 18.0 Å². The largest absolute Gasteiger partial charge is 0.463 e. The Kier molecular flexibility index (Phi) is 4.53. The molecule has 0 saturated carbocycles.